The standard InChI is InChI=1S/C12H22ClN5O/c1-4-9(5-2)18(7-8-19)12-16-10(13)15-11(17-12)14-6-3/h9,19H,4-8H2,1-3H3,(H,14,15,16,17). The van der Waals surface area contributed by atoms with Gasteiger partial charge in [0.25, 0.3) is 0 Å². The molecule has 108 valence electrons. The second-order valence-corrected chi connectivity index (χ2v) is 4.48. The summed E-state index contributed by atoms with van der Waals surface area (Å²) in [6.45, 7) is 7.42. The van der Waals surface area contributed by atoms with Crippen molar-refractivity contribution in [3.8, 4) is 0 Å². The van der Waals surface area contributed by atoms with Crippen LogP contribution in [0.1, 0.15) is 33.6 Å². The normalized spacial score (nSPS) is 10.8. The van der Waals surface area contributed by atoms with Crippen LogP contribution in [-0.2, 0) is 0 Å². The average Bonchev–Trinajstić information content (AvgIpc) is 2.38. The second-order valence-electron chi connectivity index (χ2n) is 4.15. The summed E-state index contributed by atoms with van der Waals surface area (Å²) in [7, 11) is 0. The first kappa shape index (κ1) is 15.9. The van der Waals surface area contributed by atoms with Gasteiger partial charge in [0.1, 0.15) is 0 Å². The van der Waals surface area contributed by atoms with E-state index in [4.69, 9.17) is 11.6 Å². The van der Waals surface area contributed by atoms with Gasteiger partial charge >= 0.3 is 0 Å². The Kier molecular flexibility index (Phi) is 6.80. The van der Waals surface area contributed by atoms with E-state index in [0.29, 0.717) is 25.0 Å². The first-order valence-corrected chi connectivity index (χ1v) is 7.06. The van der Waals surface area contributed by atoms with Gasteiger partial charge in [-0.05, 0) is 31.4 Å². The Morgan fingerprint density at radius 1 is 1.21 bits per heavy atom. The smallest absolute Gasteiger partial charge is 0.231 e. The van der Waals surface area contributed by atoms with Crippen molar-refractivity contribution in [3.63, 3.8) is 0 Å². The van der Waals surface area contributed by atoms with E-state index in [1.165, 1.54) is 0 Å². The maximum Gasteiger partial charge on any atom is 0.231 e. The van der Waals surface area contributed by atoms with Gasteiger partial charge in [0.2, 0.25) is 17.2 Å². The SMILES string of the molecule is CCNc1nc(Cl)nc(N(CCO)C(CC)CC)n1. The molecule has 0 aliphatic carbocycles. The third-order valence-corrected chi connectivity index (χ3v) is 3.08. The number of rotatable bonds is 8. The maximum absolute atomic E-state index is 9.22. The van der Waals surface area contributed by atoms with Gasteiger partial charge < -0.3 is 15.3 Å². The first-order valence-electron chi connectivity index (χ1n) is 6.69. The van der Waals surface area contributed by atoms with Gasteiger partial charge in [-0.15, -0.1) is 0 Å². The number of nitrogens with one attached hydrogen (secondary N) is 1. The number of aromatic nitrogens is 3. The molecule has 0 amide bonds. The fraction of sp³-hybridized carbons (Fsp3) is 0.750. The molecule has 6 nitrogen and oxygen atoms in total. The van der Waals surface area contributed by atoms with Gasteiger partial charge in [-0.3, -0.25) is 0 Å². The summed E-state index contributed by atoms with van der Waals surface area (Å²) < 4.78 is 0. The summed E-state index contributed by atoms with van der Waals surface area (Å²) in [4.78, 5) is 14.5. The number of aliphatic hydroxyl groups excluding tert-OH is 1. The molecule has 0 spiro atoms. The Balaban J connectivity index is 3.06. The Bertz CT molecular complexity index is 386. The van der Waals surface area contributed by atoms with Crippen LogP contribution in [0.3, 0.4) is 0 Å². The fourth-order valence-corrected chi connectivity index (χ4v) is 2.14. The lowest BCUT2D eigenvalue weighted by atomic mass is 10.1. The minimum atomic E-state index is 0.0519. The van der Waals surface area contributed by atoms with Crippen LogP contribution in [0.25, 0.3) is 0 Å². The van der Waals surface area contributed by atoms with Crippen molar-refractivity contribution >= 4 is 23.5 Å². The average molecular weight is 288 g/mol. The molecule has 0 saturated carbocycles. The number of hydrogen-bond acceptors (Lipinski definition) is 6. The molecule has 19 heavy (non-hydrogen) atoms. The van der Waals surface area contributed by atoms with E-state index in [1.54, 1.807) is 0 Å². The summed E-state index contributed by atoms with van der Waals surface area (Å²) in [5.74, 6) is 0.977. The zero-order chi connectivity index (χ0) is 14.3. The molecule has 0 saturated heterocycles. The molecule has 0 bridgehead atoms. The minimum Gasteiger partial charge on any atom is -0.395 e. The number of nitrogens with zero attached hydrogens (tertiary/aromatic N) is 4. The van der Waals surface area contributed by atoms with E-state index in [0.717, 1.165) is 12.8 Å². The number of halogens is 1. The number of anilines is 2. The topological polar surface area (TPSA) is 74.2 Å². The van der Waals surface area contributed by atoms with E-state index in [2.05, 4.69) is 34.1 Å². The lowest BCUT2D eigenvalue weighted by Gasteiger charge is -2.30. The molecular weight excluding hydrogens is 266 g/mol. The summed E-state index contributed by atoms with van der Waals surface area (Å²) >= 11 is 5.93. The highest BCUT2D eigenvalue weighted by Crippen LogP contribution is 2.19. The summed E-state index contributed by atoms with van der Waals surface area (Å²) in [5.41, 5.74) is 0. The monoisotopic (exact) mass is 287 g/mol. The number of hydrogen-bond donors (Lipinski definition) is 2. The molecular formula is C12H22ClN5O. The van der Waals surface area contributed by atoms with Crippen molar-refractivity contribution in [2.45, 2.75) is 39.7 Å². The minimum absolute atomic E-state index is 0.0519. The van der Waals surface area contributed by atoms with Crippen molar-refractivity contribution in [3.05, 3.63) is 5.28 Å². The van der Waals surface area contributed by atoms with Gasteiger partial charge in [-0.1, -0.05) is 13.8 Å². The Labute approximate surface area is 119 Å². The van der Waals surface area contributed by atoms with E-state index in [1.807, 2.05) is 11.8 Å². The van der Waals surface area contributed by atoms with Crippen molar-refractivity contribution in [2.75, 3.05) is 29.9 Å². The largest absolute Gasteiger partial charge is 0.395 e. The van der Waals surface area contributed by atoms with Crippen LogP contribution < -0.4 is 10.2 Å². The van der Waals surface area contributed by atoms with Crippen LogP contribution in [0.2, 0.25) is 5.28 Å². The van der Waals surface area contributed by atoms with Gasteiger partial charge in [-0.25, -0.2) is 0 Å². The molecule has 1 aromatic rings. The predicted octanol–water partition coefficient (Wildman–Crippen LogP) is 1.94. The Morgan fingerprint density at radius 2 is 1.89 bits per heavy atom. The Morgan fingerprint density at radius 3 is 2.42 bits per heavy atom. The quantitative estimate of drug-likeness (QED) is 0.761. The zero-order valence-corrected chi connectivity index (χ0v) is 12.5. The predicted molar refractivity (Wildman–Crippen MR) is 77.8 cm³/mol. The van der Waals surface area contributed by atoms with E-state index >= 15 is 0 Å². The van der Waals surface area contributed by atoms with E-state index in [9.17, 15) is 5.11 Å². The van der Waals surface area contributed by atoms with Gasteiger partial charge in [0.05, 0.1) is 6.61 Å². The van der Waals surface area contributed by atoms with Crippen LogP contribution in [0.4, 0.5) is 11.9 Å². The summed E-state index contributed by atoms with van der Waals surface area (Å²) in [6.07, 6.45) is 1.91. The highest BCUT2D eigenvalue weighted by molar-refractivity contribution is 6.28. The molecule has 0 unspecified atom stereocenters. The van der Waals surface area contributed by atoms with Crippen molar-refractivity contribution in [2.24, 2.45) is 0 Å². The highest BCUT2D eigenvalue weighted by atomic mass is 35.5. The molecule has 0 aliphatic rings. The van der Waals surface area contributed by atoms with Gasteiger partial charge in [0.15, 0.2) is 0 Å². The number of aliphatic hydroxyl groups is 1. The Hall–Kier alpha value is -1.14. The highest BCUT2D eigenvalue weighted by Gasteiger charge is 2.19. The molecule has 0 aliphatic heterocycles. The molecule has 7 heteroatoms. The van der Waals surface area contributed by atoms with Crippen LogP contribution in [0, 0.1) is 0 Å². The van der Waals surface area contributed by atoms with Gasteiger partial charge in [-0.2, -0.15) is 15.0 Å². The van der Waals surface area contributed by atoms with Gasteiger partial charge in [0, 0.05) is 19.1 Å². The lowest BCUT2D eigenvalue weighted by Crippen LogP contribution is -2.38. The zero-order valence-electron chi connectivity index (χ0n) is 11.7. The fourth-order valence-electron chi connectivity index (χ4n) is 1.99. The van der Waals surface area contributed by atoms with Crippen LogP contribution in [0.15, 0.2) is 0 Å². The molecule has 1 heterocycles. The molecule has 1 aromatic heterocycles. The lowest BCUT2D eigenvalue weighted by molar-refractivity contribution is 0.295. The van der Waals surface area contributed by atoms with Crippen LogP contribution in [-0.4, -0.2) is 45.8 Å². The molecule has 0 atom stereocenters. The van der Waals surface area contributed by atoms with Crippen molar-refractivity contribution in [1.29, 1.82) is 0 Å². The third kappa shape index (κ3) is 4.47. The summed E-state index contributed by atoms with van der Waals surface area (Å²) in [5, 5.41) is 12.4. The summed E-state index contributed by atoms with van der Waals surface area (Å²) in [6, 6.07) is 0.278. The second kappa shape index (κ2) is 8.12. The van der Waals surface area contributed by atoms with Crippen LogP contribution >= 0.6 is 11.6 Å². The van der Waals surface area contributed by atoms with E-state index in [-0.39, 0.29) is 17.9 Å². The van der Waals surface area contributed by atoms with Crippen molar-refractivity contribution < 1.29 is 5.11 Å². The molecule has 0 radical (unpaired) electrons. The van der Waals surface area contributed by atoms with Crippen LogP contribution in [0.5, 0.6) is 0 Å². The molecule has 0 fully saturated rings. The third-order valence-electron chi connectivity index (χ3n) is 2.91. The molecule has 1 rings (SSSR count). The first-order chi connectivity index (χ1) is 9.15. The van der Waals surface area contributed by atoms with E-state index < -0.39 is 0 Å². The van der Waals surface area contributed by atoms with Crippen molar-refractivity contribution in [1.82, 2.24) is 15.0 Å². The maximum atomic E-state index is 9.22. The molecule has 0 aromatic carbocycles. The molecule has 2 N–H and O–H groups in total.